The minimum atomic E-state index is -0.251. The molecule has 2 aromatic heterocycles. The van der Waals surface area contributed by atoms with Gasteiger partial charge in [-0.1, -0.05) is 0 Å². The van der Waals surface area contributed by atoms with E-state index in [0.717, 1.165) is 18.1 Å². The van der Waals surface area contributed by atoms with Crippen molar-refractivity contribution in [2.24, 2.45) is 0 Å². The van der Waals surface area contributed by atoms with Gasteiger partial charge in [-0.3, -0.25) is 14.3 Å². The average Bonchev–Trinajstić information content (AvgIpc) is 2.77. The second-order valence-corrected chi connectivity index (χ2v) is 5.52. The smallest absolute Gasteiger partial charge is 0.254 e. The third-order valence-corrected chi connectivity index (χ3v) is 3.51. The van der Waals surface area contributed by atoms with Crippen LogP contribution >= 0.6 is 0 Å². The van der Waals surface area contributed by atoms with Gasteiger partial charge in [-0.15, -0.1) is 0 Å². The molecular formula is C15H22N6O2. The maximum Gasteiger partial charge on any atom is 0.254 e. The normalized spacial score (nSPS) is 10.8. The highest BCUT2D eigenvalue weighted by Crippen LogP contribution is 2.00. The van der Waals surface area contributed by atoms with E-state index in [9.17, 15) is 9.59 Å². The standard InChI is InChI=1S/C15H22N6O2/c1-9-13(15(23)19-10(2)17-9)8-14(22)16-6-5-7-21-12(4)18-11(3)20-21/h5-8H2,1-4H3,(H,16,22)(H,17,19,23). The van der Waals surface area contributed by atoms with Crippen LogP contribution in [0.3, 0.4) is 0 Å². The molecule has 0 spiro atoms. The molecule has 0 aliphatic carbocycles. The van der Waals surface area contributed by atoms with E-state index < -0.39 is 0 Å². The molecule has 1 amide bonds. The van der Waals surface area contributed by atoms with Gasteiger partial charge in [-0.05, 0) is 34.1 Å². The molecule has 8 heteroatoms. The Labute approximate surface area is 134 Å². The Morgan fingerprint density at radius 1 is 1.22 bits per heavy atom. The van der Waals surface area contributed by atoms with Crippen LogP contribution in [0.2, 0.25) is 0 Å². The third kappa shape index (κ3) is 4.48. The molecule has 23 heavy (non-hydrogen) atoms. The van der Waals surface area contributed by atoms with E-state index in [2.05, 4.69) is 25.4 Å². The van der Waals surface area contributed by atoms with Gasteiger partial charge in [0.05, 0.1) is 6.42 Å². The number of amides is 1. The summed E-state index contributed by atoms with van der Waals surface area (Å²) in [6, 6.07) is 0. The lowest BCUT2D eigenvalue weighted by molar-refractivity contribution is -0.120. The summed E-state index contributed by atoms with van der Waals surface area (Å²) in [6.07, 6.45) is 0.784. The number of rotatable bonds is 6. The number of hydrogen-bond acceptors (Lipinski definition) is 5. The number of hydrogen-bond donors (Lipinski definition) is 2. The molecule has 0 aliphatic rings. The first-order chi connectivity index (χ1) is 10.9. The van der Waals surface area contributed by atoms with Crippen LogP contribution in [0.4, 0.5) is 0 Å². The molecule has 2 rings (SSSR count). The van der Waals surface area contributed by atoms with Gasteiger partial charge >= 0.3 is 0 Å². The highest BCUT2D eigenvalue weighted by molar-refractivity contribution is 5.78. The first-order valence-electron chi connectivity index (χ1n) is 7.58. The first-order valence-corrected chi connectivity index (χ1v) is 7.58. The molecular weight excluding hydrogens is 296 g/mol. The summed E-state index contributed by atoms with van der Waals surface area (Å²) in [5.41, 5.74) is 0.754. The fraction of sp³-hybridized carbons (Fsp3) is 0.533. The summed E-state index contributed by atoms with van der Waals surface area (Å²) >= 11 is 0. The Hall–Kier alpha value is -2.51. The van der Waals surface area contributed by atoms with Gasteiger partial charge in [-0.25, -0.2) is 9.97 Å². The summed E-state index contributed by atoms with van der Waals surface area (Å²) < 4.78 is 1.82. The second kappa shape index (κ2) is 7.17. The number of aryl methyl sites for hydroxylation is 5. The number of H-pyrrole nitrogens is 1. The molecule has 2 heterocycles. The van der Waals surface area contributed by atoms with Gasteiger partial charge in [0.1, 0.15) is 17.5 Å². The van der Waals surface area contributed by atoms with Gasteiger partial charge in [0.2, 0.25) is 5.91 Å². The van der Waals surface area contributed by atoms with E-state index in [1.54, 1.807) is 13.8 Å². The first kappa shape index (κ1) is 16.9. The van der Waals surface area contributed by atoms with Gasteiger partial charge < -0.3 is 10.3 Å². The Balaban J connectivity index is 1.82. The lowest BCUT2D eigenvalue weighted by Crippen LogP contribution is -2.30. The van der Waals surface area contributed by atoms with Crippen LogP contribution in [-0.2, 0) is 17.8 Å². The fourth-order valence-corrected chi connectivity index (χ4v) is 2.41. The zero-order chi connectivity index (χ0) is 17.0. The van der Waals surface area contributed by atoms with E-state index in [4.69, 9.17) is 0 Å². The summed E-state index contributed by atoms with van der Waals surface area (Å²) in [5.74, 6) is 1.97. The highest BCUT2D eigenvalue weighted by Gasteiger charge is 2.11. The van der Waals surface area contributed by atoms with Crippen LogP contribution in [0.5, 0.6) is 0 Å². The minimum Gasteiger partial charge on any atom is -0.356 e. The number of nitrogens with zero attached hydrogens (tertiary/aromatic N) is 4. The number of carbonyl (C=O) groups is 1. The molecule has 0 unspecified atom stereocenters. The van der Waals surface area contributed by atoms with E-state index in [0.29, 0.717) is 30.2 Å². The predicted molar refractivity (Wildman–Crippen MR) is 85.2 cm³/mol. The van der Waals surface area contributed by atoms with E-state index >= 15 is 0 Å². The molecule has 2 aromatic rings. The van der Waals surface area contributed by atoms with E-state index in [1.807, 2.05) is 18.5 Å². The molecule has 124 valence electrons. The quantitative estimate of drug-likeness (QED) is 0.747. The number of carbonyl (C=O) groups excluding carboxylic acids is 1. The lowest BCUT2D eigenvalue weighted by Gasteiger charge is -2.07. The summed E-state index contributed by atoms with van der Waals surface area (Å²) in [5, 5.41) is 7.08. The van der Waals surface area contributed by atoms with Crippen molar-refractivity contribution < 1.29 is 4.79 Å². The predicted octanol–water partition coefficient (Wildman–Crippen LogP) is 0.344. The van der Waals surface area contributed by atoms with Crippen molar-refractivity contribution in [3.05, 3.63) is 39.1 Å². The Bertz CT molecular complexity index is 762. The Kier molecular flexibility index (Phi) is 5.25. The molecule has 8 nitrogen and oxygen atoms in total. The topological polar surface area (TPSA) is 106 Å². The second-order valence-electron chi connectivity index (χ2n) is 5.52. The van der Waals surface area contributed by atoms with Crippen LogP contribution in [0, 0.1) is 27.7 Å². The summed E-state index contributed by atoms with van der Waals surface area (Å²) in [4.78, 5) is 34.8. The minimum absolute atomic E-state index is 0.0376. The van der Waals surface area contributed by atoms with Crippen molar-refractivity contribution in [1.82, 2.24) is 30.0 Å². The number of aromatic nitrogens is 5. The van der Waals surface area contributed by atoms with Gasteiger partial charge in [0.25, 0.3) is 5.56 Å². The maximum atomic E-state index is 12.0. The largest absolute Gasteiger partial charge is 0.356 e. The lowest BCUT2D eigenvalue weighted by atomic mass is 10.1. The van der Waals surface area contributed by atoms with Crippen LogP contribution in [0.1, 0.15) is 35.2 Å². The van der Waals surface area contributed by atoms with Crippen LogP contribution < -0.4 is 10.9 Å². The molecule has 0 fully saturated rings. The van der Waals surface area contributed by atoms with Crippen LogP contribution in [0.25, 0.3) is 0 Å². The molecule has 2 N–H and O–H groups in total. The fourth-order valence-electron chi connectivity index (χ4n) is 2.41. The molecule has 0 saturated carbocycles. The van der Waals surface area contributed by atoms with Crippen LogP contribution in [-0.4, -0.2) is 37.2 Å². The number of nitrogens with one attached hydrogen (secondary N) is 2. The van der Waals surface area contributed by atoms with E-state index in [1.165, 1.54) is 0 Å². The zero-order valence-corrected chi connectivity index (χ0v) is 13.9. The zero-order valence-electron chi connectivity index (χ0n) is 13.9. The highest BCUT2D eigenvalue weighted by atomic mass is 16.2. The summed E-state index contributed by atoms with van der Waals surface area (Å²) in [7, 11) is 0. The Morgan fingerprint density at radius 2 is 1.96 bits per heavy atom. The number of aromatic amines is 1. The molecule has 0 atom stereocenters. The summed E-state index contributed by atoms with van der Waals surface area (Å²) in [6.45, 7) is 8.41. The van der Waals surface area contributed by atoms with Gasteiger partial charge in [0.15, 0.2) is 0 Å². The van der Waals surface area contributed by atoms with E-state index in [-0.39, 0.29) is 17.9 Å². The maximum absolute atomic E-state index is 12.0. The SMILES string of the molecule is Cc1nc(C)n(CCCNC(=O)Cc2c(C)nc(C)[nH]c2=O)n1. The molecule has 0 aromatic carbocycles. The molecule has 0 aliphatic heterocycles. The van der Waals surface area contributed by atoms with Crippen molar-refractivity contribution in [1.29, 1.82) is 0 Å². The van der Waals surface area contributed by atoms with Crippen molar-refractivity contribution in [2.75, 3.05) is 6.54 Å². The average molecular weight is 318 g/mol. The molecule has 0 radical (unpaired) electrons. The molecule has 0 bridgehead atoms. The van der Waals surface area contributed by atoms with Gasteiger partial charge in [-0.2, -0.15) is 5.10 Å². The van der Waals surface area contributed by atoms with Crippen molar-refractivity contribution in [2.45, 2.75) is 47.1 Å². The Morgan fingerprint density at radius 3 is 2.57 bits per heavy atom. The van der Waals surface area contributed by atoms with Crippen LogP contribution in [0.15, 0.2) is 4.79 Å². The van der Waals surface area contributed by atoms with Crippen molar-refractivity contribution >= 4 is 5.91 Å². The third-order valence-electron chi connectivity index (χ3n) is 3.51. The van der Waals surface area contributed by atoms with Gasteiger partial charge in [0, 0.05) is 24.3 Å². The van der Waals surface area contributed by atoms with Crippen molar-refractivity contribution in [3.63, 3.8) is 0 Å². The van der Waals surface area contributed by atoms with Crippen molar-refractivity contribution in [3.8, 4) is 0 Å². The monoisotopic (exact) mass is 318 g/mol. The molecule has 0 saturated heterocycles.